The van der Waals surface area contributed by atoms with E-state index in [1.54, 1.807) is 10.6 Å². The number of ether oxygens (including phenoxy) is 3. The Morgan fingerprint density at radius 2 is 1.73 bits per heavy atom. The smallest absolute Gasteiger partial charge is 0.409 e. The largest absolute Gasteiger partial charge is 0.453 e. The summed E-state index contributed by atoms with van der Waals surface area (Å²) in [7, 11) is 4.27. The van der Waals surface area contributed by atoms with E-state index in [0.29, 0.717) is 6.54 Å². The van der Waals surface area contributed by atoms with Gasteiger partial charge in [-0.3, -0.25) is 14.5 Å². The van der Waals surface area contributed by atoms with E-state index < -0.39 is 18.5 Å². The monoisotopic (exact) mass is 558 g/mol. The van der Waals surface area contributed by atoms with Gasteiger partial charge < -0.3 is 34.1 Å². The number of hydrogen-bond acceptors (Lipinski definition) is 8. The standard InChI is InChI=1S/C29H42N4O7/c1-18(2)33-25-9-7-6-8-19(25)12-24(28(33)36)27(35)30-20-13-21-10-11-22(14-20)32(21)16-23(34)15-31(29(37)40-5)17-26(38-3)39-4/h6-9,12,18,20-23,26,34H,10-11,13-17H2,1-5H3,(H,30,35)/t20?,21-,22+,23?. The van der Waals surface area contributed by atoms with Crippen LogP contribution >= 0.6 is 0 Å². The SMILES string of the molecule is COC(=O)N(CC(O)CN1[C@@H]2CC[C@H]1CC(NC(=O)c1cc3ccccc3n(C(C)C)c1=O)C2)CC(OC)OC. The van der Waals surface area contributed by atoms with Crippen molar-refractivity contribution in [3.63, 3.8) is 0 Å². The minimum absolute atomic E-state index is 0.0625. The third-order valence-electron chi connectivity index (χ3n) is 8.11. The Hall–Kier alpha value is -2.99. The fourth-order valence-corrected chi connectivity index (χ4v) is 6.25. The molecule has 2 aliphatic heterocycles. The lowest BCUT2D eigenvalue weighted by atomic mass is 9.96. The summed E-state index contributed by atoms with van der Waals surface area (Å²) in [6.07, 6.45) is 1.41. The normalized spacial score (nSPS) is 21.6. The Bertz CT molecular complexity index is 1230. The molecule has 1 aromatic carbocycles. The summed E-state index contributed by atoms with van der Waals surface area (Å²) in [6, 6.07) is 9.55. The van der Waals surface area contributed by atoms with Crippen molar-refractivity contribution >= 4 is 22.9 Å². The van der Waals surface area contributed by atoms with Crippen molar-refractivity contribution in [2.24, 2.45) is 0 Å². The lowest BCUT2D eigenvalue weighted by Crippen LogP contribution is -2.54. The molecule has 11 heteroatoms. The molecule has 0 radical (unpaired) electrons. The highest BCUT2D eigenvalue weighted by molar-refractivity contribution is 5.97. The number of nitrogens with one attached hydrogen (secondary N) is 1. The number of fused-ring (bicyclic) bond motifs is 3. The Kier molecular flexibility index (Phi) is 9.83. The van der Waals surface area contributed by atoms with Crippen LogP contribution in [0.5, 0.6) is 0 Å². The molecule has 2 aliphatic rings. The number of carbonyl (C=O) groups is 2. The second-order valence-corrected chi connectivity index (χ2v) is 11.0. The van der Waals surface area contributed by atoms with Gasteiger partial charge in [-0.15, -0.1) is 0 Å². The first-order valence-corrected chi connectivity index (χ1v) is 13.9. The molecule has 2 N–H and O–H groups in total. The Labute approximate surface area is 235 Å². The van der Waals surface area contributed by atoms with Crippen LogP contribution in [0.1, 0.15) is 55.9 Å². The Morgan fingerprint density at radius 3 is 2.33 bits per heavy atom. The predicted molar refractivity (Wildman–Crippen MR) is 150 cm³/mol. The molecule has 0 aliphatic carbocycles. The van der Waals surface area contributed by atoms with Crippen LogP contribution in [0.3, 0.4) is 0 Å². The third kappa shape index (κ3) is 6.49. The second kappa shape index (κ2) is 13.1. The van der Waals surface area contributed by atoms with Gasteiger partial charge in [-0.25, -0.2) is 4.79 Å². The number of rotatable bonds is 11. The van der Waals surface area contributed by atoms with Crippen LogP contribution in [-0.2, 0) is 14.2 Å². The highest BCUT2D eigenvalue weighted by Crippen LogP contribution is 2.36. The highest BCUT2D eigenvalue weighted by Gasteiger charge is 2.42. The Morgan fingerprint density at radius 1 is 1.07 bits per heavy atom. The van der Waals surface area contributed by atoms with Crippen molar-refractivity contribution < 1.29 is 28.9 Å². The molecule has 0 saturated carbocycles. The number of nitrogens with zero attached hydrogens (tertiary/aromatic N) is 3. The number of para-hydroxylation sites is 1. The van der Waals surface area contributed by atoms with Crippen LogP contribution in [0.25, 0.3) is 10.9 Å². The van der Waals surface area contributed by atoms with Crippen molar-refractivity contribution in [3.8, 4) is 0 Å². The number of hydrogen-bond donors (Lipinski definition) is 2. The van der Waals surface area contributed by atoms with E-state index in [0.717, 1.165) is 36.6 Å². The van der Waals surface area contributed by atoms with Crippen LogP contribution < -0.4 is 10.9 Å². The average molecular weight is 559 g/mol. The number of amides is 2. The maximum Gasteiger partial charge on any atom is 0.409 e. The number of pyridine rings is 1. The molecule has 4 atom stereocenters. The lowest BCUT2D eigenvalue weighted by molar-refractivity contribution is -0.116. The van der Waals surface area contributed by atoms with Crippen LogP contribution in [-0.4, -0.2) is 103 Å². The average Bonchev–Trinajstić information content (AvgIpc) is 3.15. The van der Waals surface area contributed by atoms with Crippen molar-refractivity contribution in [3.05, 3.63) is 46.2 Å². The van der Waals surface area contributed by atoms with Gasteiger partial charge in [0.1, 0.15) is 5.56 Å². The van der Waals surface area contributed by atoms with Crippen molar-refractivity contribution in [2.45, 2.75) is 76.1 Å². The predicted octanol–water partition coefficient (Wildman–Crippen LogP) is 2.36. The summed E-state index contributed by atoms with van der Waals surface area (Å²) >= 11 is 0. The first kappa shape index (κ1) is 30.0. The first-order valence-electron chi connectivity index (χ1n) is 13.9. The zero-order chi connectivity index (χ0) is 29.0. The number of aliphatic hydroxyl groups is 1. The molecule has 11 nitrogen and oxygen atoms in total. The summed E-state index contributed by atoms with van der Waals surface area (Å²) in [5.41, 5.74) is 0.690. The molecule has 2 unspecified atom stereocenters. The van der Waals surface area contributed by atoms with Crippen LogP contribution in [0.2, 0.25) is 0 Å². The van der Waals surface area contributed by atoms with E-state index >= 15 is 0 Å². The van der Waals surface area contributed by atoms with Gasteiger partial charge in [-0.1, -0.05) is 18.2 Å². The van der Waals surface area contributed by atoms with Crippen LogP contribution in [0.4, 0.5) is 4.79 Å². The fraction of sp³-hybridized carbons (Fsp3) is 0.621. The summed E-state index contributed by atoms with van der Waals surface area (Å²) in [4.78, 5) is 42.6. The van der Waals surface area contributed by atoms with Crippen molar-refractivity contribution in [2.75, 3.05) is 41.0 Å². The minimum atomic E-state index is -0.796. The molecular formula is C29H42N4O7. The summed E-state index contributed by atoms with van der Waals surface area (Å²) < 4.78 is 17.0. The second-order valence-electron chi connectivity index (χ2n) is 11.0. The highest BCUT2D eigenvalue weighted by atomic mass is 16.7. The third-order valence-corrected chi connectivity index (χ3v) is 8.11. The van der Waals surface area contributed by atoms with E-state index in [4.69, 9.17) is 14.2 Å². The van der Waals surface area contributed by atoms with E-state index in [2.05, 4.69) is 10.2 Å². The molecule has 2 aromatic rings. The van der Waals surface area contributed by atoms with Gasteiger partial charge in [-0.05, 0) is 57.0 Å². The molecule has 1 aromatic heterocycles. The molecule has 40 heavy (non-hydrogen) atoms. The van der Waals surface area contributed by atoms with E-state index in [-0.39, 0.29) is 54.3 Å². The summed E-state index contributed by atoms with van der Waals surface area (Å²) in [5.74, 6) is -0.345. The van der Waals surface area contributed by atoms with Crippen LogP contribution in [0.15, 0.2) is 35.1 Å². The zero-order valence-electron chi connectivity index (χ0n) is 24.0. The molecule has 2 bridgehead atoms. The summed E-state index contributed by atoms with van der Waals surface area (Å²) in [5, 5.41) is 14.9. The molecule has 0 spiro atoms. The van der Waals surface area contributed by atoms with Gasteiger partial charge in [0.15, 0.2) is 6.29 Å². The number of aliphatic hydroxyl groups excluding tert-OH is 1. The molecule has 4 rings (SSSR count). The number of methoxy groups -OCH3 is 3. The number of piperidine rings is 1. The number of aromatic nitrogens is 1. The molecule has 2 saturated heterocycles. The molecule has 3 heterocycles. The number of benzene rings is 1. The minimum Gasteiger partial charge on any atom is -0.453 e. The Balaban J connectivity index is 1.40. The fourth-order valence-electron chi connectivity index (χ4n) is 6.25. The maximum atomic E-state index is 13.3. The lowest BCUT2D eigenvalue weighted by Gasteiger charge is -2.40. The zero-order valence-corrected chi connectivity index (χ0v) is 24.0. The van der Waals surface area contributed by atoms with E-state index in [1.165, 1.54) is 26.2 Å². The summed E-state index contributed by atoms with van der Waals surface area (Å²) in [6.45, 7) is 4.49. The van der Waals surface area contributed by atoms with Gasteiger partial charge in [-0.2, -0.15) is 0 Å². The number of carbonyl (C=O) groups excluding carboxylic acids is 2. The first-order chi connectivity index (χ1) is 19.2. The maximum absolute atomic E-state index is 13.3. The van der Waals surface area contributed by atoms with Gasteiger partial charge in [0.2, 0.25) is 0 Å². The molecular weight excluding hydrogens is 516 g/mol. The molecule has 2 fully saturated rings. The van der Waals surface area contributed by atoms with Gasteiger partial charge in [0, 0.05) is 44.9 Å². The molecule has 220 valence electrons. The quantitative estimate of drug-likeness (QED) is 0.403. The van der Waals surface area contributed by atoms with Gasteiger partial charge in [0.25, 0.3) is 11.5 Å². The van der Waals surface area contributed by atoms with Crippen molar-refractivity contribution in [1.82, 2.24) is 19.7 Å². The van der Waals surface area contributed by atoms with Crippen molar-refractivity contribution in [1.29, 1.82) is 0 Å². The van der Waals surface area contributed by atoms with Gasteiger partial charge >= 0.3 is 6.09 Å². The van der Waals surface area contributed by atoms with E-state index in [1.807, 2.05) is 38.1 Å². The topological polar surface area (TPSA) is 123 Å². The van der Waals surface area contributed by atoms with Gasteiger partial charge in [0.05, 0.1) is 31.8 Å². The molecule has 2 amide bonds. The van der Waals surface area contributed by atoms with Crippen LogP contribution in [0, 0.1) is 0 Å². The van der Waals surface area contributed by atoms with E-state index in [9.17, 15) is 19.5 Å².